The van der Waals surface area contributed by atoms with Crippen LogP contribution >= 0.6 is 0 Å². The summed E-state index contributed by atoms with van der Waals surface area (Å²) < 4.78 is 0. The molecule has 0 atom stereocenters. The first-order valence-electron chi connectivity index (χ1n) is 8.36. The average Bonchev–Trinajstić information content (AvgIpc) is 2.67. The van der Waals surface area contributed by atoms with Gasteiger partial charge in [-0.1, -0.05) is 48.5 Å². The summed E-state index contributed by atoms with van der Waals surface area (Å²) in [6.07, 6.45) is 4.18. The Labute approximate surface area is 141 Å². The third-order valence-corrected chi connectivity index (χ3v) is 4.23. The molecule has 2 heterocycles. The van der Waals surface area contributed by atoms with Gasteiger partial charge in [0.15, 0.2) is 5.82 Å². The highest BCUT2D eigenvalue weighted by Gasteiger charge is 2.16. The van der Waals surface area contributed by atoms with Crippen LogP contribution in [0.2, 0.25) is 0 Å². The first-order valence-corrected chi connectivity index (χ1v) is 8.36. The van der Waals surface area contributed by atoms with Crippen molar-refractivity contribution in [1.29, 1.82) is 0 Å². The molecule has 0 saturated carbocycles. The minimum Gasteiger partial charge on any atom is -0.352 e. The molecule has 3 aromatic rings. The smallest absolute Gasteiger partial charge is 0.155 e. The van der Waals surface area contributed by atoms with Gasteiger partial charge in [-0.15, -0.1) is 0 Å². The number of aromatic nitrogens is 2. The molecule has 1 aromatic heterocycles. The van der Waals surface area contributed by atoms with Crippen LogP contribution in [0, 0.1) is 0 Å². The van der Waals surface area contributed by atoms with E-state index in [-0.39, 0.29) is 0 Å². The number of nitrogens with one attached hydrogen (secondary N) is 1. The van der Waals surface area contributed by atoms with Crippen LogP contribution in [0.4, 0.5) is 5.82 Å². The van der Waals surface area contributed by atoms with E-state index in [1.54, 1.807) is 0 Å². The lowest BCUT2D eigenvalue weighted by Crippen LogP contribution is -2.44. The Balaban J connectivity index is 1.77. The van der Waals surface area contributed by atoms with Gasteiger partial charge in [0, 0.05) is 26.2 Å². The molecular weight excluding hydrogens is 296 g/mol. The maximum absolute atomic E-state index is 4.90. The number of rotatable bonds is 3. The van der Waals surface area contributed by atoms with Gasteiger partial charge in [-0.05, 0) is 23.8 Å². The van der Waals surface area contributed by atoms with E-state index in [0.29, 0.717) is 0 Å². The highest BCUT2D eigenvalue weighted by Crippen LogP contribution is 2.23. The van der Waals surface area contributed by atoms with E-state index < -0.39 is 0 Å². The number of piperazine rings is 1. The summed E-state index contributed by atoms with van der Waals surface area (Å²) in [5.74, 6) is 0.974. The van der Waals surface area contributed by atoms with Gasteiger partial charge in [0.05, 0.1) is 11.0 Å². The Morgan fingerprint density at radius 1 is 0.792 bits per heavy atom. The van der Waals surface area contributed by atoms with Gasteiger partial charge in [0.1, 0.15) is 5.69 Å². The van der Waals surface area contributed by atoms with Crippen molar-refractivity contribution in [2.24, 2.45) is 0 Å². The Hall–Kier alpha value is -2.72. The maximum Gasteiger partial charge on any atom is 0.155 e. The topological polar surface area (TPSA) is 41.1 Å². The van der Waals surface area contributed by atoms with Crippen LogP contribution in [0.3, 0.4) is 0 Å². The van der Waals surface area contributed by atoms with Crippen LogP contribution in [0.1, 0.15) is 11.3 Å². The van der Waals surface area contributed by atoms with Gasteiger partial charge in [0.2, 0.25) is 0 Å². The predicted octanol–water partition coefficient (Wildman–Crippen LogP) is 3.21. The average molecular weight is 316 g/mol. The highest BCUT2D eigenvalue weighted by atomic mass is 15.2. The molecule has 24 heavy (non-hydrogen) atoms. The Bertz CT molecular complexity index is 852. The number of fused-ring (bicyclic) bond motifs is 1. The molecular formula is C20H20N4. The van der Waals surface area contributed by atoms with Gasteiger partial charge in [-0.25, -0.2) is 9.97 Å². The third kappa shape index (κ3) is 3.14. The lowest BCUT2D eigenvalue weighted by Gasteiger charge is -2.29. The van der Waals surface area contributed by atoms with E-state index >= 15 is 0 Å². The number of hydrogen-bond donors (Lipinski definition) is 1. The zero-order valence-electron chi connectivity index (χ0n) is 13.5. The monoisotopic (exact) mass is 316 g/mol. The first kappa shape index (κ1) is 14.8. The number of anilines is 1. The van der Waals surface area contributed by atoms with E-state index in [2.05, 4.69) is 34.5 Å². The Morgan fingerprint density at radius 2 is 1.46 bits per heavy atom. The summed E-state index contributed by atoms with van der Waals surface area (Å²) in [5, 5.41) is 3.39. The van der Waals surface area contributed by atoms with E-state index in [4.69, 9.17) is 9.97 Å². The molecule has 1 fully saturated rings. The molecule has 1 aliphatic rings. The number of benzene rings is 2. The Kier molecular flexibility index (Phi) is 4.21. The maximum atomic E-state index is 4.90. The summed E-state index contributed by atoms with van der Waals surface area (Å²) >= 11 is 0. The third-order valence-electron chi connectivity index (χ3n) is 4.23. The van der Waals surface area contributed by atoms with Crippen LogP contribution < -0.4 is 10.2 Å². The SMILES string of the molecule is C(=Cc1nc2ccccc2nc1N1CCNCC1)c1ccccc1. The summed E-state index contributed by atoms with van der Waals surface area (Å²) in [6.45, 7) is 3.88. The molecule has 0 spiro atoms. The van der Waals surface area contributed by atoms with Crippen molar-refractivity contribution >= 4 is 29.0 Å². The minimum atomic E-state index is 0.930. The van der Waals surface area contributed by atoms with Crippen molar-refractivity contribution in [2.75, 3.05) is 31.1 Å². The van der Waals surface area contributed by atoms with Crippen LogP contribution in [0.5, 0.6) is 0 Å². The van der Waals surface area contributed by atoms with Crippen molar-refractivity contribution in [3.63, 3.8) is 0 Å². The molecule has 0 radical (unpaired) electrons. The summed E-state index contributed by atoms with van der Waals surface area (Å²) in [4.78, 5) is 12.1. The molecule has 1 aliphatic heterocycles. The van der Waals surface area contributed by atoms with Crippen molar-refractivity contribution in [2.45, 2.75) is 0 Å². The van der Waals surface area contributed by atoms with Gasteiger partial charge >= 0.3 is 0 Å². The molecule has 2 aromatic carbocycles. The summed E-state index contributed by atoms with van der Waals surface area (Å²) in [7, 11) is 0. The molecule has 1 saturated heterocycles. The predicted molar refractivity (Wildman–Crippen MR) is 100.0 cm³/mol. The molecule has 0 aliphatic carbocycles. The van der Waals surface area contributed by atoms with Crippen molar-refractivity contribution in [1.82, 2.24) is 15.3 Å². The minimum absolute atomic E-state index is 0.930. The van der Waals surface area contributed by atoms with Gasteiger partial charge in [0.25, 0.3) is 0 Å². The molecule has 0 amide bonds. The fourth-order valence-corrected chi connectivity index (χ4v) is 2.96. The van der Waals surface area contributed by atoms with Crippen LogP contribution in [-0.4, -0.2) is 36.1 Å². The van der Waals surface area contributed by atoms with Crippen molar-refractivity contribution < 1.29 is 0 Å². The normalized spacial score (nSPS) is 15.2. The fraction of sp³-hybridized carbons (Fsp3) is 0.200. The van der Waals surface area contributed by atoms with E-state index in [0.717, 1.165) is 48.7 Å². The molecule has 4 rings (SSSR count). The molecule has 4 heteroatoms. The largest absolute Gasteiger partial charge is 0.352 e. The molecule has 1 N–H and O–H groups in total. The lowest BCUT2D eigenvalue weighted by atomic mass is 10.2. The molecule has 0 bridgehead atoms. The second-order valence-electron chi connectivity index (χ2n) is 5.90. The van der Waals surface area contributed by atoms with Crippen LogP contribution in [-0.2, 0) is 0 Å². The van der Waals surface area contributed by atoms with Gasteiger partial charge in [-0.2, -0.15) is 0 Å². The number of hydrogen-bond acceptors (Lipinski definition) is 4. The fourth-order valence-electron chi connectivity index (χ4n) is 2.96. The lowest BCUT2D eigenvalue weighted by molar-refractivity contribution is 0.584. The number of para-hydroxylation sites is 2. The van der Waals surface area contributed by atoms with Gasteiger partial charge in [-0.3, -0.25) is 0 Å². The standard InChI is InChI=1S/C20H20N4/c1-2-6-16(7-3-1)10-11-19-20(24-14-12-21-13-15-24)23-18-9-5-4-8-17(18)22-19/h1-11,21H,12-15H2. The molecule has 120 valence electrons. The second-order valence-corrected chi connectivity index (χ2v) is 5.90. The molecule has 0 unspecified atom stereocenters. The zero-order chi connectivity index (χ0) is 16.2. The number of nitrogens with zero attached hydrogens (tertiary/aromatic N) is 3. The second kappa shape index (κ2) is 6.81. The van der Waals surface area contributed by atoms with Gasteiger partial charge < -0.3 is 10.2 Å². The summed E-state index contributed by atoms with van der Waals surface area (Å²) in [5.41, 5.74) is 3.98. The van der Waals surface area contributed by atoms with Crippen molar-refractivity contribution in [3.05, 3.63) is 65.9 Å². The van der Waals surface area contributed by atoms with Crippen molar-refractivity contribution in [3.8, 4) is 0 Å². The first-order chi connectivity index (χ1) is 11.9. The Morgan fingerprint density at radius 3 is 2.21 bits per heavy atom. The quantitative estimate of drug-likeness (QED) is 0.805. The van der Waals surface area contributed by atoms with Crippen LogP contribution in [0.25, 0.3) is 23.2 Å². The van der Waals surface area contributed by atoms with E-state index in [1.165, 1.54) is 5.56 Å². The summed E-state index contributed by atoms with van der Waals surface area (Å²) in [6, 6.07) is 18.4. The van der Waals surface area contributed by atoms with Crippen LogP contribution in [0.15, 0.2) is 54.6 Å². The highest BCUT2D eigenvalue weighted by molar-refractivity contribution is 5.82. The molecule has 4 nitrogen and oxygen atoms in total. The van der Waals surface area contributed by atoms with E-state index in [1.807, 2.05) is 42.5 Å². The zero-order valence-corrected chi connectivity index (χ0v) is 13.5. The van der Waals surface area contributed by atoms with E-state index in [9.17, 15) is 0 Å².